The van der Waals surface area contributed by atoms with E-state index in [-0.39, 0.29) is 0 Å². The van der Waals surface area contributed by atoms with E-state index < -0.39 is 11.9 Å². The Bertz CT molecular complexity index is 292. The molecule has 0 aliphatic carbocycles. The van der Waals surface area contributed by atoms with Crippen LogP contribution in [0, 0.1) is 0 Å². The van der Waals surface area contributed by atoms with E-state index in [0.29, 0.717) is 17.6 Å². The van der Waals surface area contributed by atoms with E-state index in [9.17, 15) is 9.59 Å². The van der Waals surface area contributed by atoms with Gasteiger partial charge in [-0.2, -0.15) is 0 Å². The Labute approximate surface area is 103 Å². The third-order valence-electron chi connectivity index (χ3n) is 2.66. The molecule has 4 nitrogen and oxygen atoms in total. The average molecular weight is 242 g/mol. The maximum absolute atomic E-state index is 11.5. The number of rotatable bonds is 7. The van der Waals surface area contributed by atoms with Crippen molar-refractivity contribution in [3.8, 4) is 0 Å². The zero-order valence-corrected chi connectivity index (χ0v) is 11.2. The Hall–Kier alpha value is -1.32. The molecule has 0 fully saturated rings. The van der Waals surface area contributed by atoms with Crippen LogP contribution in [0.4, 0.5) is 0 Å². The van der Waals surface area contributed by atoms with Crippen LogP contribution >= 0.6 is 0 Å². The van der Waals surface area contributed by atoms with Gasteiger partial charge in [0.15, 0.2) is 0 Å². The first kappa shape index (κ1) is 15.7. The van der Waals surface area contributed by atoms with Gasteiger partial charge in [-0.15, -0.1) is 0 Å². The van der Waals surface area contributed by atoms with E-state index in [1.54, 1.807) is 6.92 Å². The molecule has 0 saturated heterocycles. The summed E-state index contributed by atoms with van der Waals surface area (Å²) < 4.78 is 9.29. The summed E-state index contributed by atoms with van der Waals surface area (Å²) in [6, 6.07) is 0. The van der Waals surface area contributed by atoms with Gasteiger partial charge in [0.25, 0.3) is 0 Å². The van der Waals surface area contributed by atoms with Gasteiger partial charge in [-0.25, -0.2) is 9.59 Å². The van der Waals surface area contributed by atoms with E-state index in [4.69, 9.17) is 0 Å². The molecule has 0 atom stereocenters. The minimum absolute atomic E-state index is 0.343. The third-order valence-corrected chi connectivity index (χ3v) is 2.66. The molecule has 0 aromatic carbocycles. The fourth-order valence-corrected chi connectivity index (χ4v) is 1.57. The lowest BCUT2D eigenvalue weighted by Gasteiger charge is -2.09. The first-order valence-electron chi connectivity index (χ1n) is 5.94. The van der Waals surface area contributed by atoms with Gasteiger partial charge in [-0.1, -0.05) is 26.2 Å². The van der Waals surface area contributed by atoms with Crippen molar-refractivity contribution in [3.63, 3.8) is 0 Å². The van der Waals surface area contributed by atoms with Gasteiger partial charge in [-0.3, -0.25) is 0 Å². The molecule has 0 aliphatic rings. The Morgan fingerprint density at radius 2 is 1.53 bits per heavy atom. The lowest BCUT2D eigenvalue weighted by atomic mass is 10.0. The van der Waals surface area contributed by atoms with E-state index in [1.165, 1.54) is 14.2 Å². The van der Waals surface area contributed by atoms with E-state index >= 15 is 0 Å². The van der Waals surface area contributed by atoms with Gasteiger partial charge in [0.05, 0.1) is 14.2 Å². The van der Waals surface area contributed by atoms with Crippen LogP contribution in [0.1, 0.15) is 46.0 Å². The lowest BCUT2D eigenvalue weighted by molar-refractivity contribution is -0.139. The van der Waals surface area contributed by atoms with E-state index in [2.05, 4.69) is 16.4 Å². The van der Waals surface area contributed by atoms with Crippen LogP contribution in [0.25, 0.3) is 0 Å². The van der Waals surface area contributed by atoms with Crippen molar-refractivity contribution in [2.45, 2.75) is 46.0 Å². The molecule has 0 spiro atoms. The van der Waals surface area contributed by atoms with E-state index in [1.807, 2.05) is 0 Å². The SMILES string of the molecule is CCCCCC/C(C(=O)OC)=C(/C)C(=O)OC. The van der Waals surface area contributed by atoms with Crippen LogP contribution < -0.4 is 0 Å². The van der Waals surface area contributed by atoms with Gasteiger partial charge in [-0.05, 0) is 19.8 Å². The van der Waals surface area contributed by atoms with Crippen molar-refractivity contribution >= 4 is 11.9 Å². The summed E-state index contributed by atoms with van der Waals surface area (Å²) >= 11 is 0. The fraction of sp³-hybridized carbons (Fsp3) is 0.692. The van der Waals surface area contributed by atoms with Gasteiger partial charge < -0.3 is 9.47 Å². The first-order chi connectivity index (χ1) is 8.08. The predicted molar refractivity (Wildman–Crippen MR) is 65.5 cm³/mol. The summed E-state index contributed by atoms with van der Waals surface area (Å²) in [4.78, 5) is 22.9. The van der Waals surface area contributed by atoms with Crippen molar-refractivity contribution in [3.05, 3.63) is 11.1 Å². The molecule has 0 N–H and O–H groups in total. The fourth-order valence-electron chi connectivity index (χ4n) is 1.57. The smallest absolute Gasteiger partial charge is 0.334 e. The average Bonchev–Trinajstić information content (AvgIpc) is 2.36. The minimum atomic E-state index is -0.471. The monoisotopic (exact) mass is 242 g/mol. The van der Waals surface area contributed by atoms with Gasteiger partial charge in [0.1, 0.15) is 0 Å². The van der Waals surface area contributed by atoms with E-state index in [0.717, 1.165) is 25.7 Å². The molecule has 98 valence electrons. The van der Waals surface area contributed by atoms with Crippen LogP contribution in [-0.2, 0) is 19.1 Å². The van der Waals surface area contributed by atoms with Crippen molar-refractivity contribution < 1.29 is 19.1 Å². The normalized spacial score (nSPS) is 11.8. The van der Waals surface area contributed by atoms with Crippen molar-refractivity contribution in [1.29, 1.82) is 0 Å². The quantitative estimate of drug-likeness (QED) is 0.391. The van der Waals surface area contributed by atoms with Crippen molar-refractivity contribution in [1.82, 2.24) is 0 Å². The molecule has 0 aromatic heterocycles. The highest BCUT2D eigenvalue weighted by Gasteiger charge is 2.18. The topological polar surface area (TPSA) is 52.6 Å². The summed E-state index contributed by atoms with van der Waals surface area (Å²) in [5.41, 5.74) is 0.770. The highest BCUT2D eigenvalue weighted by Crippen LogP contribution is 2.16. The van der Waals surface area contributed by atoms with Crippen LogP contribution in [0.15, 0.2) is 11.1 Å². The molecule has 0 amide bonds. The van der Waals surface area contributed by atoms with Gasteiger partial charge in [0.2, 0.25) is 0 Å². The van der Waals surface area contributed by atoms with Crippen LogP contribution in [0.2, 0.25) is 0 Å². The number of hydrogen-bond acceptors (Lipinski definition) is 4. The number of hydrogen-bond donors (Lipinski definition) is 0. The summed E-state index contributed by atoms with van der Waals surface area (Å²) in [6.07, 6.45) is 4.75. The van der Waals surface area contributed by atoms with Crippen molar-refractivity contribution in [2.24, 2.45) is 0 Å². The maximum atomic E-state index is 11.5. The molecule has 0 heterocycles. The minimum Gasteiger partial charge on any atom is -0.466 e. The molecule has 0 bridgehead atoms. The van der Waals surface area contributed by atoms with Gasteiger partial charge >= 0.3 is 11.9 Å². The summed E-state index contributed by atoms with van der Waals surface area (Å²) in [5, 5.41) is 0. The zero-order valence-electron chi connectivity index (χ0n) is 11.2. The second-order valence-corrected chi connectivity index (χ2v) is 3.90. The lowest BCUT2D eigenvalue weighted by Crippen LogP contribution is -2.13. The molecular formula is C13H22O4. The molecule has 0 aliphatic heterocycles. The van der Waals surface area contributed by atoms with Gasteiger partial charge in [0, 0.05) is 11.1 Å². The highest BCUT2D eigenvalue weighted by atomic mass is 16.5. The number of carbonyl (C=O) groups excluding carboxylic acids is 2. The maximum Gasteiger partial charge on any atom is 0.334 e. The largest absolute Gasteiger partial charge is 0.466 e. The molecule has 0 saturated carbocycles. The predicted octanol–water partition coefficient (Wildman–Crippen LogP) is 2.62. The molecule has 0 aromatic rings. The molecule has 17 heavy (non-hydrogen) atoms. The Kier molecular flexibility index (Phi) is 8.11. The molecular weight excluding hydrogens is 220 g/mol. The van der Waals surface area contributed by atoms with Crippen LogP contribution in [0.5, 0.6) is 0 Å². The Morgan fingerprint density at radius 3 is 2.00 bits per heavy atom. The number of esters is 2. The summed E-state index contributed by atoms with van der Waals surface area (Å²) in [5.74, 6) is -0.912. The first-order valence-corrected chi connectivity index (χ1v) is 5.94. The van der Waals surface area contributed by atoms with Crippen molar-refractivity contribution in [2.75, 3.05) is 14.2 Å². The van der Waals surface area contributed by atoms with Crippen LogP contribution in [-0.4, -0.2) is 26.2 Å². The Morgan fingerprint density at radius 1 is 0.941 bits per heavy atom. The Balaban J connectivity index is 4.64. The standard InChI is InChI=1S/C13H22O4/c1-5-6-7-8-9-11(13(15)17-4)10(2)12(14)16-3/h5-9H2,1-4H3/b11-10+. The molecule has 0 rings (SSSR count). The number of methoxy groups -OCH3 is 2. The second kappa shape index (κ2) is 8.79. The highest BCUT2D eigenvalue weighted by molar-refractivity contribution is 5.99. The summed E-state index contributed by atoms with van der Waals surface area (Å²) in [7, 11) is 2.62. The third kappa shape index (κ3) is 5.52. The number of carbonyl (C=O) groups is 2. The van der Waals surface area contributed by atoms with Crippen LogP contribution in [0.3, 0.4) is 0 Å². The molecule has 0 unspecified atom stereocenters. The number of ether oxygens (including phenoxy) is 2. The number of unbranched alkanes of at least 4 members (excludes halogenated alkanes) is 3. The second-order valence-electron chi connectivity index (χ2n) is 3.90. The molecule has 4 heteroatoms. The molecule has 0 radical (unpaired) electrons. The summed E-state index contributed by atoms with van der Waals surface area (Å²) in [6.45, 7) is 3.72. The zero-order chi connectivity index (χ0) is 13.3.